The molecule has 1 atom stereocenters. The van der Waals surface area contributed by atoms with E-state index in [4.69, 9.17) is 4.98 Å². The molecule has 0 saturated carbocycles. The first-order valence-corrected chi connectivity index (χ1v) is 9.70. The van der Waals surface area contributed by atoms with Crippen molar-refractivity contribution in [2.45, 2.75) is 12.8 Å². The van der Waals surface area contributed by atoms with Gasteiger partial charge in [0.1, 0.15) is 5.52 Å². The molecule has 2 aliphatic heterocycles. The summed E-state index contributed by atoms with van der Waals surface area (Å²) < 4.78 is 0. The maximum Gasteiger partial charge on any atom is 0.156 e. The summed E-state index contributed by atoms with van der Waals surface area (Å²) in [6.45, 7) is 2.37. The number of rotatable bonds is 2. The standard InChI is InChI=1S/C19H20N4S/c1-2-14(17-11-21-18-16(22-17)4-7-20-18)10-15(3-1)23-8-5-19(12-23)6-9-24-13-19/h1-4,7,10-11H,5-6,8-9,12-13H2,(H,20,21). The van der Waals surface area contributed by atoms with Gasteiger partial charge in [0.05, 0.1) is 11.9 Å². The largest absolute Gasteiger partial charge is 0.371 e. The zero-order valence-electron chi connectivity index (χ0n) is 13.5. The van der Waals surface area contributed by atoms with Crippen molar-refractivity contribution in [3.63, 3.8) is 0 Å². The first kappa shape index (κ1) is 14.3. The Morgan fingerprint density at radius 1 is 1.21 bits per heavy atom. The molecule has 2 aromatic heterocycles. The number of anilines is 1. The Morgan fingerprint density at radius 2 is 2.21 bits per heavy atom. The number of fused-ring (bicyclic) bond motifs is 1. The quantitative estimate of drug-likeness (QED) is 0.769. The van der Waals surface area contributed by atoms with Crippen LogP contribution < -0.4 is 4.90 Å². The van der Waals surface area contributed by atoms with Gasteiger partial charge in [0.25, 0.3) is 0 Å². The molecular weight excluding hydrogens is 316 g/mol. The summed E-state index contributed by atoms with van der Waals surface area (Å²) in [5.74, 6) is 2.67. The molecule has 1 N–H and O–H groups in total. The van der Waals surface area contributed by atoms with E-state index in [-0.39, 0.29) is 0 Å². The van der Waals surface area contributed by atoms with Gasteiger partial charge in [-0.3, -0.25) is 0 Å². The molecule has 122 valence electrons. The second-order valence-electron chi connectivity index (χ2n) is 6.99. The molecule has 1 spiro atoms. The molecule has 2 saturated heterocycles. The van der Waals surface area contributed by atoms with Crippen molar-refractivity contribution in [2.24, 2.45) is 5.41 Å². The first-order chi connectivity index (χ1) is 11.8. The van der Waals surface area contributed by atoms with Gasteiger partial charge in [-0.05, 0) is 42.2 Å². The topological polar surface area (TPSA) is 44.8 Å². The predicted octanol–water partition coefficient (Wildman–Crippen LogP) is 3.96. The summed E-state index contributed by atoms with van der Waals surface area (Å²) in [5, 5.41) is 0. The van der Waals surface area contributed by atoms with E-state index < -0.39 is 0 Å². The number of aromatic nitrogens is 3. The molecule has 4 heterocycles. The van der Waals surface area contributed by atoms with Crippen molar-refractivity contribution >= 4 is 28.6 Å². The molecule has 4 nitrogen and oxygen atoms in total. The van der Waals surface area contributed by atoms with Gasteiger partial charge >= 0.3 is 0 Å². The number of thioether (sulfide) groups is 1. The van der Waals surface area contributed by atoms with Crippen LogP contribution in [0.25, 0.3) is 22.4 Å². The Labute approximate surface area is 145 Å². The second-order valence-corrected chi connectivity index (χ2v) is 8.10. The van der Waals surface area contributed by atoms with Crippen LogP contribution >= 0.6 is 11.8 Å². The molecule has 2 fully saturated rings. The Bertz CT molecular complexity index is 882. The van der Waals surface area contributed by atoms with Gasteiger partial charge in [0.15, 0.2) is 5.65 Å². The first-order valence-electron chi connectivity index (χ1n) is 8.55. The van der Waals surface area contributed by atoms with Crippen molar-refractivity contribution in [3.8, 4) is 11.3 Å². The van der Waals surface area contributed by atoms with Gasteiger partial charge in [-0.2, -0.15) is 11.8 Å². The smallest absolute Gasteiger partial charge is 0.156 e. The monoisotopic (exact) mass is 336 g/mol. The minimum absolute atomic E-state index is 0.560. The van der Waals surface area contributed by atoms with Gasteiger partial charge in [0, 0.05) is 36.3 Å². The summed E-state index contributed by atoms with van der Waals surface area (Å²) in [6, 6.07) is 10.7. The van der Waals surface area contributed by atoms with E-state index in [1.165, 1.54) is 43.1 Å². The Hall–Kier alpha value is -2.01. The number of hydrogen-bond acceptors (Lipinski definition) is 4. The van der Waals surface area contributed by atoms with Crippen LogP contribution in [-0.4, -0.2) is 39.5 Å². The van der Waals surface area contributed by atoms with E-state index in [9.17, 15) is 0 Å². The highest BCUT2D eigenvalue weighted by atomic mass is 32.2. The molecular formula is C19H20N4S. The number of nitrogens with one attached hydrogen (secondary N) is 1. The highest BCUT2D eigenvalue weighted by Crippen LogP contribution is 2.44. The van der Waals surface area contributed by atoms with Gasteiger partial charge in [-0.15, -0.1) is 0 Å². The van der Waals surface area contributed by atoms with Crippen LogP contribution in [0.2, 0.25) is 0 Å². The molecule has 24 heavy (non-hydrogen) atoms. The fourth-order valence-corrected chi connectivity index (χ4v) is 5.49. The fraction of sp³-hybridized carbons (Fsp3) is 0.368. The number of hydrogen-bond donors (Lipinski definition) is 1. The van der Waals surface area contributed by atoms with Gasteiger partial charge in [0.2, 0.25) is 0 Å². The Morgan fingerprint density at radius 3 is 3.12 bits per heavy atom. The van der Waals surface area contributed by atoms with Crippen LogP contribution in [0.4, 0.5) is 5.69 Å². The molecule has 3 aromatic rings. The lowest BCUT2D eigenvalue weighted by Crippen LogP contribution is -2.26. The van der Waals surface area contributed by atoms with Crippen molar-refractivity contribution < 1.29 is 0 Å². The SMILES string of the molecule is c1cc(-c2cnc3[nH]ccc3n2)cc(N2CCC3(CCSC3)C2)c1. The van der Waals surface area contributed by atoms with Gasteiger partial charge < -0.3 is 9.88 Å². The van der Waals surface area contributed by atoms with E-state index in [0.717, 1.165) is 22.4 Å². The molecule has 0 radical (unpaired) electrons. The summed E-state index contributed by atoms with van der Waals surface area (Å²) in [5.41, 5.74) is 5.72. The number of nitrogens with zero attached hydrogens (tertiary/aromatic N) is 3. The normalized spacial score (nSPS) is 23.6. The highest BCUT2D eigenvalue weighted by Gasteiger charge is 2.40. The molecule has 2 aliphatic rings. The van der Waals surface area contributed by atoms with Gasteiger partial charge in [-0.25, -0.2) is 9.97 Å². The van der Waals surface area contributed by atoms with Crippen molar-refractivity contribution in [1.29, 1.82) is 0 Å². The van der Waals surface area contributed by atoms with E-state index in [0.29, 0.717) is 5.41 Å². The maximum absolute atomic E-state index is 4.73. The minimum atomic E-state index is 0.560. The zero-order chi connectivity index (χ0) is 16.0. The van der Waals surface area contributed by atoms with Crippen LogP contribution in [0, 0.1) is 5.41 Å². The third-order valence-electron chi connectivity index (χ3n) is 5.39. The highest BCUT2D eigenvalue weighted by molar-refractivity contribution is 7.99. The van der Waals surface area contributed by atoms with Crippen molar-refractivity contribution in [3.05, 3.63) is 42.7 Å². The number of benzene rings is 1. The van der Waals surface area contributed by atoms with Crippen LogP contribution in [0.5, 0.6) is 0 Å². The Kier molecular flexibility index (Phi) is 3.30. The summed E-state index contributed by atoms with van der Waals surface area (Å²) in [7, 11) is 0. The van der Waals surface area contributed by atoms with E-state index >= 15 is 0 Å². The molecule has 1 aromatic carbocycles. The zero-order valence-corrected chi connectivity index (χ0v) is 14.4. The number of aromatic amines is 1. The average molecular weight is 336 g/mol. The van der Waals surface area contributed by atoms with E-state index in [1.807, 2.05) is 18.5 Å². The molecule has 5 rings (SSSR count). The van der Waals surface area contributed by atoms with Crippen molar-refractivity contribution in [2.75, 3.05) is 29.5 Å². The lowest BCUT2D eigenvalue weighted by Gasteiger charge is -2.24. The summed E-state index contributed by atoms with van der Waals surface area (Å²) in [6.07, 6.45) is 6.45. The number of H-pyrrole nitrogens is 1. The fourth-order valence-electron chi connectivity index (χ4n) is 3.96. The lowest BCUT2D eigenvalue weighted by atomic mass is 9.87. The second kappa shape index (κ2) is 5.52. The van der Waals surface area contributed by atoms with Crippen LogP contribution in [-0.2, 0) is 0 Å². The molecule has 0 bridgehead atoms. The lowest BCUT2D eigenvalue weighted by molar-refractivity contribution is 0.383. The van der Waals surface area contributed by atoms with Crippen LogP contribution in [0.1, 0.15) is 12.8 Å². The van der Waals surface area contributed by atoms with Gasteiger partial charge in [-0.1, -0.05) is 12.1 Å². The van der Waals surface area contributed by atoms with Crippen LogP contribution in [0.3, 0.4) is 0 Å². The average Bonchev–Trinajstić information content (AvgIpc) is 3.36. The van der Waals surface area contributed by atoms with E-state index in [1.54, 1.807) is 0 Å². The summed E-state index contributed by atoms with van der Waals surface area (Å²) in [4.78, 5) is 14.8. The predicted molar refractivity (Wildman–Crippen MR) is 101 cm³/mol. The molecule has 1 unspecified atom stereocenters. The van der Waals surface area contributed by atoms with Crippen molar-refractivity contribution in [1.82, 2.24) is 15.0 Å². The molecule has 0 aliphatic carbocycles. The van der Waals surface area contributed by atoms with E-state index in [2.05, 4.69) is 50.9 Å². The Balaban J connectivity index is 1.45. The maximum atomic E-state index is 4.73. The van der Waals surface area contributed by atoms with Crippen LogP contribution in [0.15, 0.2) is 42.7 Å². The third-order valence-corrected chi connectivity index (χ3v) is 6.70. The third kappa shape index (κ3) is 2.38. The molecule has 5 heteroatoms. The molecule has 0 amide bonds. The summed E-state index contributed by atoms with van der Waals surface area (Å²) >= 11 is 2.12. The minimum Gasteiger partial charge on any atom is -0.371 e.